The van der Waals surface area contributed by atoms with Crippen LogP contribution in [-0.4, -0.2) is 33.0 Å². The molecular formula is C18H22BNO3. The molecule has 0 bridgehead atoms. The molecule has 1 N–H and O–H groups in total. The Morgan fingerprint density at radius 3 is 2.22 bits per heavy atom. The van der Waals surface area contributed by atoms with E-state index in [1.165, 1.54) is 10.4 Å². The van der Waals surface area contributed by atoms with E-state index in [0.29, 0.717) is 0 Å². The van der Waals surface area contributed by atoms with Gasteiger partial charge < -0.3 is 18.9 Å². The minimum atomic E-state index is -1.10. The zero-order chi connectivity index (χ0) is 15.5. The highest BCUT2D eigenvalue weighted by molar-refractivity contribution is 6.59. The molecule has 120 valence electrons. The summed E-state index contributed by atoms with van der Waals surface area (Å²) in [5.74, 6) is 1.73. The average Bonchev–Trinajstić information content (AvgIpc) is 3.15. The molecule has 2 aliphatic heterocycles. The molecule has 0 aliphatic carbocycles. The Kier molecular flexibility index (Phi) is 4.08. The van der Waals surface area contributed by atoms with Crippen LogP contribution in [0.25, 0.3) is 0 Å². The normalized spacial score (nSPS) is 26.2. The first-order valence-electron chi connectivity index (χ1n) is 8.45. The molecule has 5 heteroatoms. The maximum absolute atomic E-state index is 5.97. The molecule has 2 aliphatic rings. The minimum Gasteiger partial charge on any atom is -0.510 e. The quantitative estimate of drug-likeness (QED) is 0.856. The monoisotopic (exact) mass is 311 g/mol. The Morgan fingerprint density at radius 2 is 1.52 bits per heavy atom. The van der Waals surface area contributed by atoms with Gasteiger partial charge in [0.25, 0.3) is 0 Å². The maximum Gasteiger partial charge on any atom is 0.471 e. The number of hydrogen-bond acceptors (Lipinski definition) is 3. The predicted molar refractivity (Wildman–Crippen MR) is 89.8 cm³/mol. The Morgan fingerprint density at radius 1 is 0.870 bits per heavy atom. The fraction of sp³-hybridized carbons (Fsp3) is 0.333. The molecule has 2 fully saturated rings. The van der Waals surface area contributed by atoms with Crippen molar-refractivity contribution in [2.75, 3.05) is 26.3 Å². The number of ether oxygens (including phenoxy) is 1. The number of fused-ring (bicyclic) bond motifs is 1. The standard InChI is InChI=1S/C18H22BNO3/c1-2-4-17(5-3-1)23-18-8-6-16(7-9-18)10-11-19-20(12-14-21-19)13-15-22-19/h1-9,20H,10-15H2. The van der Waals surface area contributed by atoms with Gasteiger partial charge in [0.2, 0.25) is 0 Å². The van der Waals surface area contributed by atoms with Gasteiger partial charge in [-0.3, -0.25) is 0 Å². The molecule has 4 rings (SSSR count). The summed E-state index contributed by atoms with van der Waals surface area (Å²) in [5.41, 5.74) is 1.30. The highest BCUT2D eigenvalue weighted by Gasteiger charge is 2.48. The second kappa shape index (κ2) is 6.36. The van der Waals surface area contributed by atoms with Crippen molar-refractivity contribution in [2.24, 2.45) is 0 Å². The molecule has 2 aromatic rings. The van der Waals surface area contributed by atoms with Gasteiger partial charge in [-0.05, 0) is 30.7 Å². The van der Waals surface area contributed by atoms with E-state index in [1.807, 2.05) is 42.5 Å². The first-order chi connectivity index (χ1) is 11.3. The lowest BCUT2D eigenvalue weighted by molar-refractivity contribution is -0.784. The van der Waals surface area contributed by atoms with E-state index in [9.17, 15) is 0 Å². The van der Waals surface area contributed by atoms with Crippen LogP contribution in [0, 0.1) is 0 Å². The van der Waals surface area contributed by atoms with E-state index >= 15 is 0 Å². The minimum absolute atomic E-state index is 0.833. The molecular weight excluding hydrogens is 289 g/mol. The first-order valence-corrected chi connectivity index (χ1v) is 8.45. The number of benzene rings is 2. The smallest absolute Gasteiger partial charge is 0.471 e. The van der Waals surface area contributed by atoms with Crippen LogP contribution in [0.5, 0.6) is 11.5 Å². The molecule has 0 saturated carbocycles. The summed E-state index contributed by atoms with van der Waals surface area (Å²) in [4.78, 5) is 1.51. The van der Waals surface area contributed by atoms with Crippen LogP contribution < -0.4 is 9.55 Å². The molecule has 0 unspecified atom stereocenters. The lowest BCUT2D eigenvalue weighted by Gasteiger charge is -2.30. The fourth-order valence-electron chi connectivity index (χ4n) is 3.69. The number of para-hydroxylation sites is 1. The second-order valence-electron chi connectivity index (χ2n) is 6.37. The van der Waals surface area contributed by atoms with Crippen LogP contribution in [-0.2, 0) is 15.7 Å². The van der Waals surface area contributed by atoms with Crippen LogP contribution >= 0.6 is 0 Å². The van der Waals surface area contributed by atoms with Crippen molar-refractivity contribution in [3.8, 4) is 11.5 Å². The molecule has 2 saturated heterocycles. The second-order valence-corrected chi connectivity index (χ2v) is 6.37. The van der Waals surface area contributed by atoms with Crippen molar-refractivity contribution in [3.05, 3.63) is 60.2 Å². The van der Waals surface area contributed by atoms with Gasteiger partial charge in [0.1, 0.15) is 11.5 Å². The van der Waals surface area contributed by atoms with Crippen molar-refractivity contribution in [1.82, 2.24) is 0 Å². The Hall–Kier alpha value is -1.82. The largest absolute Gasteiger partial charge is 0.510 e. The highest BCUT2D eigenvalue weighted by Crippen LogP contribution is 2.23. The van der Waals surface area contributed by atoms with Crippen molar-refractivity contribution < 1.29 is 18.9 Å². The van der Waals surface area contributed by atoms with Crippen LogP contribution in [0.15, 0.2) is 54.6 Å². The molecule has 0 spiro atoms. The predicted octanol–water partition coefficient (Wildman–Crippen LogP) is 1.91. The maximum atomic E-state index is 5.97. The van der Waals surface area contributed by atoms with Crippen LogP contribution in [0.2, 0.25) is 6.32 Å². The van der Waals surface area contributed by atoms with E-state index in [-0.39, 0.29) is 0 Å². The number of hydrogen-bond donors (Lipinski definition) is 1. The Bertz CT molecular complexity index is 637. The lowest BCUT2D eigenvalue weighted by atomic mass is 9.65. The molecule has 2 heterocycles. The summed E-state index contributed by atoms with van der Waals surface area (Å²) in [6, 6.07) is 18.2. The third-order valence-corrected chi connectivity index (χ3v) is 4.96. The molecule has 0 aromatic heterocycles. The number of aryl methyl sites for hydroxylation is 1. The van der Waals surface area contributed by atoms with Gasteiger partial charge in [-0.2, -0.15) is 0 Å². The van der Waals surface area contributed by atoms with E-state index in [4.69, 9.17) is 14.0 Å². The number of rotatable bonds is 5. The van der Waals surface area contributed by atoms with E-state index < -0.39 is 6.69 Å². The van der Waals surface area contributed by atoms with Gasteiger partial charge in [0, 0.05) is 0 Å². The van der Waals surface area contributed by atoms with Crippen LogP contribution in [0.3, 0.4) is 0 Å². The number of quaternary nitrogens is 1. The van der Waals surface area contributed by atoms with Gasteiger partial charge in [-0.1, -0.05) is 42.2 Å². The summed E-state index contributed by atoms with van der Waals surface area (Å²) >= 11 is 0. The van der Waals surface area contributed by atoms with E-state index in [1.54, 1.807) is 0 Å². The van der Waals surface area contributed by atoms with Crippen molar-refractivity contribution in [3.63, 3.8) is 0 Å². The van der Waals surface area contributed by atoms with Gasteiger partial charge >= 0.3 is 6.69 Å². The lowest BCUT2D eigenvalue weighted by Crippen LogP contribution is -3.19. The van der Waals surface area contributed by atoms with Gasteiger partial charge in [-0.25, -0.2) is 0 Å². The summed E-state index contributed by atoms with van der Waals surface area (Å²) in [5, 5.41) is 0. The summed E-state index contributed by atoms with van der Waals surface area (Å²) in [6.45, 7) is 2.74. The van der Waals surface area contributed by atoms with Crippen molar-refractivity contribution >= 4 is 6.69 Å². The zero-order valence-corrected chi connectivity index (χ0v) is 13.2. The average molecular weight is 311 g/mol. The summed E-state index contributed by atoms with van der Waals surface area (Å²) < 4.78 is 17.8. The molecule has 4 nitrogen and oxygen atoms in total. The fourth-order valence-corrected chi connectivity index (χ4v) is 3.69. The van der Waals surface area contributed by atoms with Crippen molar-refractivity contribution in [1.29, 1.82) is 0 Å². The molecule has 0 amide bonds. The topological polar surface area (TPSA) is 32.1 Å². The molecule has 0 radical (unpaired) electrons. The first kappa shape index (κ1) is 14.8. The van der Waals surface area contributed by atoms with E-state index in [2.05, 4.69) is 12.1 Å². The zero-order valence-electron chi connectivity index (χ0n) is 13.2. The number of nitrogens with one attached hydrogen (secondary N) is 1. The van der Waals surface area contributed by atoms with Gasteiger partial charge in [0.15, 0.2) is 0 Å². The van der Waals surface area contributed by atoms with Gasteiger partial charge in [-0.15, -0.1) is 0 Å². The molecule has 23 heavy (non-hydrogen) atoms. The Balaban J connectivity index is 1.37. The molecule has 2 aromatic carbocycles. The highest BCUT2D eigenvalue weighted by atomic mass is 16.6. The third-order valence-electron chi connectivity index (χ3n) is 4.96. The summed E-state index contributed by atoms with van der Waals surface area (Å²) in [6.07, 6.45) is 1.95. The van der Waals surface area contributed by atoms with Crippen molar-refractivity contribution in [2.45, 2.75) is 12.7 Å². The Labute approximate surface area is 137 Å². The molecule has 0 atom stereocenters. The van der Waals surface area contributed by atoms with Gasteiger partial charge in [0.05, 0.1) is 26.3 Å². The third kappa shape index (κ3) is 3.13. The summed E-state index contributed by atoms with van der Waals surface area (Å²) in [7, 11) is 0. The van der Waals surface area contributed by atoms with Crippen LogP contribution in [0.1, 0.15) is 5.56 Å². The van der Waals surface area contributed by atoms with Crippen LogP contribution in [0.4, 0.5) is 0 Å². The van der Waals surface area contributed by atoms with E-state index in [0.717, 1.165) is 50.5 Å². The SMILES string of the molecule is c1ccc(Oc2ccc(CC[B-]34OCC[NH+]3CCO4)cc2)cc1.